The number of halogens is 6. The molecule has 0 radical (unpaired) electrons. The third kappa shape index (κ3) is 6.53. The average molecular weight is 545 g/mol. The van der Waals surface area contributed by atoms with Crippen molar-refractivity contribution in [1.82, 2.24) is 14.9 Å². The van der Waals surface area contributed by atoms with Crippen molar-refractivity contribution >= 4 is 23.6 Å². The number of piperidine rings is 1. The summed E-state index contributed by atoms with van der Waals surface area (Å²) in [6.45, 7) is 0.372. The van der Waals surface area contributed by atoms with E-state index in [9.17, 15) is 31.1 Å². The van der Waals surface area contributed by atoms with Gasteiger partial charge in [-0.15, -0.1) is 0 Å². The van der Waals surface area contributed by atoms with Crippen molar-refractivity contribution in [2.24, 2.45) is 16.6 Å². The predicted molar refractivity (Wildman–Crippen MR) is 128 cm³/mol. The lowest BCUT2D eigenvalue weighted by atomic mass is 9.88. The highest BCUT2D eigenvalue weighted by Crippen LogP contribution is 2.37. The first kappa shape index (κ1) is 28.7. The van der Waals surface area contributed by atoms with E-state index in [4.69, 9.17) is 10.5 Å². The number of amides is 1. The number of aliphatic imine (C=N–C) groups is 1. The van der Waals surface area contributed by atoms with E-state index in [1.165, 1.54) is 38.4 Å². The lowest BCUT2D eigenvalue weighted by Gasteiger charge is -2.43. The van der Waals surface area contributed by atoms with Crippen LogP contribution in [0.5, 0.6) is 5.88 Å². The molecule has 8 nitrogen and oxygen atoms in total. The van der Waals surface area contributed by atoms with Crippen LogP contribution in [-0.2, 0) is 11.0 Å². The zero-order valence-electron chi connectivity index (χ0n) is 20.7. The van der Waals surface area contributed by atoms with Gasteiger partial charge in [0.2, 0.25) is 11.8 Å². The molecule has 0 aliphatic carbocycles. The number of nitrogens with one attached hydrogen (secondary N) is 1. The standard InChI is InChI=1S/C24H26F6N6O2/c1-13-8-23(26,27)12-36(21(37)19(31)16(9-32-2)14-5-4-6-15(25)7-14)18(13)11-34-22-33-10-17(24(28,29)30)20(35-22)38-3/h4-7,9-10,13,18H,8,11-12,31H2,1-3H3,(H,33,34,35)/t13-,18?/m1/s1. The molecular weight excluding hydrogens is 518 g/mol. The van der Waals surface area contributed by atoms with Crippen molar-refractivity contribution in [1.29, 1.82) is 0 Å². The fraction of sp³-hybridized carbons (Fsp3) is 0.417. The maximum atomic E-state index is 14.6. The van der Waals surface area contributed by atoms with Gasteiger partial charge < -0.3 is 20.7 Å². The van der Waals surface area contributed by atoms with Gasteiger partial charge in [-0.2, -0.15) is 18.2 Å². The minimum atomic E-state index is -4.75. The molecule has 1 aliphatic heterocycles. The van der Waals surface area contributed by atoms with Gasteiger partial charge in [-0.3, -0.25) is 9.79 Å². The molecule has 206 valence electrons. The van der Waals surface area contributed by atoms with Gasteiger partial charge in [-0.1, -0.05) is 19.1 Å². The van der Waals surface area contributed by atoms with Gasteiger partial charge in [0, 0.05) is 38.0 Å². The lowest BCUT2D eigenvalue weighted by molar-refractivity contribution is -0.148. The smallest absolute Gasteiger partial charge is 0.423 e. The quantitative estimate of drug-likeness (QED) is 0.310. The van der Waals surface area contributed by atoms with Gasteiger partial charge in [0.25, 0.3) is 11.8 Å². The number of nitrogens with two attached hydrogens (primary N) is 1. The minimum Gasteiger partial charge on any atom is -0.480 e. The molecule has 1 fully saturated rings. The number of allylic oxidation sites excluding steroid dienone is 1. The predicted octanol–water partition coefficient (Wildman–Crippen LogP) is 4.00. The molecule has 3 rings (SSSR count). The Bertz CT molecular complexity index is 1230. The Morgan fingerprint density at radius 1 is 1.37 bits per heavy atom. The molecule has 1 amide bonds. The number of benzene rings is 1. The number of aromatic nitrogens is 2. The zero-order valence-corrected chi connectivity index (χ0v) is 20.7. The summed E-state index contributed by atoms with van der Waals surface area (Å²) in [5.41, 5.74) is 4.77. The van der Waals surface area contributed by atoms with Crippen LogP contribution in [0.4, 0.5) is 32.3 Å². The molecule has 2 atom stereocenters. The van der Waals surface area contributed by atoms with Gasteiger partial charge in [-0.25, -0.2) is 18.2 Å². The summed E-state index contributed by atoms with van der Waals surface area (Å²) in [6, 6.07) is 4.33. The first-order valence-corrected chi connectivity index (χ1v) is 11.4. The largest absolute Gasteiger partial charge is 0.480 e. The van der Waals surface area contributed by atoms with Crippen LogP contribution in [0, 0.1) is 11.7 Å². The van der Waals surface area contributed by atoms with Crippen LogP contribution < -0.4 is 15.8 Å². The van der Waals surface area contributed by atoms with Crippen LogP contribution in [0.2, 0.25) is 0 Å². The number of ether oxygens (including phenoxy) is 1. The molecule has 1 aliphatic rings. The van der Waals surface area contributed by atoms with Gasteiger partial charge in [0.05, 0.1) is 19.7 Å². The monoisotopic (exact) mass is 544 g/mol. The van der Waals surface area contributed by atoms with Crippen molar-refractivity contribution in [3.05, 3.63) is 53.1 Å². The first-order valence-electron chi connectivity index (χ1n) is 11.4. The molecule has 0 bridgehead atoms. The topological polar surface area (TPSA) is 106 Å². The Hall–Kier alpha value is -3.84. The van der Waals surface area contributed by atoms with Crippen molar-refractivity contribution in [3.63, 3.8) is 0 Å². The van der Waals surface area contributed by atoms with Crippen LogP contribution in [0.25, 0.3) is 5.57 Å². The van der Waals surface area contributed by atoms with E-state index in [0.29, 0.717) is 6.20 Å². The number of nitrogens with zero attached hydrogens (tertiary/aromatic N) is 4. The number of anilines is 1. The number of alkyl halides is 5. The van der Waals surface area contributed by atoms with Gasteiger partial charge in [-0.05, 0) is 23.6 Å². The summed E-state index contributed by atoms with van der Waals surface area (Å²) >= 11 is 0. The van der Waals surface area contributed by atoms with E-state index < -0.39 is 65.9 Å². The Labute approximate surface area is 214 Å². The van der Waals surface area contributed by atoms with E-state index in [-0.39, 0.29) is 23.6 Å². The molecule has 0 saturated carbocycles. The number of carbonyl (C=O) groups excluding carboxylic acids is 1. The Balaban J connectivity index is 1.94. The number of hydrogen-bond acceptors (Lipinski definition) is 7. The molecular formula is C24H26F6N6O2. The van der Waals surface area contributed by atoms with Gasteiger partial charge in [0.1, 0.15) is 17.1 Å². The van der Waals surface area contributed by atoms with Crippen molar-refractivity contribution < 1.29 is 35.9 Å². The highest BCUT2D eigenvalue weighted by Gasteiger charge is 2.46. The Morgan fingerprint density at radius 2 is 2.08 bits per heavy atom. The fourth-order valence-electron chi connectivity index (χ4n) is 4.23. The number of likely N-dealkylation sites (tertiary alicyclic amines) is 1. The normalized spacial score (nSPS) is 20.3. The van der Waals surface area contributed by atoms with E-state index in [1.807, 2.05) is 0 Å². The van der Waals surface area contributed by atoms with Gasteiger partial charge >= 0.3 is 6.18 Å². The molecule has 1 unspecified atom stereocenters. The van der Waals surface area contributed by atoms with E-state index >= 15 is 0 Å². The summed E-state index contributed by atoms with van der Waals surface area (Å²) < 4.78 is 86.9. The SMILES string of the molecule is CN=CC(=C(N)C(=O)N1CC(F)(F)C[C@@H](C)C1CNc1ncc(C(F)(F)F)c(OC)n1)c1cccc(F)c1. The molecule has 38 heavy (non-hydrogen) atoms. The zero-order chi connectivity index (χ0) is 28.3. The molecule has 14 heteroatoms. The summed E-state index contributed by atoms with van der Waals surface area (Å²) in [7, 11) is 2.41. The second-order valence-corrected chi connectivity index (χ2v) is 8.76. The molecule has 1 aromatic heterocycles. The summed E-state index contributed by atoms with van der Waals surface area (Å²) in [5, 5.41) is 2.70. The molecule has 2 heterocycles. The lowest BCUT2D eigenvalue weighted by Crippen LogP contribution is -2.58. The molecule has 1 saturated heterocycles. The highest BCUT2D eigenvalue weighted by molar-refractivity contribution is 6.18. The number of methoxy groups -OCH3 is 1. The average Bonchev–Trinajstić information content (AvgIpc) is 2.84. The van der Waals surface area contributed by atoms with E-state index in [1.54, 1.807) is 0 Å². The number of rotatable bonds is 7. The van der Waals surface area contributed by atoms with Gasteiger partial charge in [0.15, 0.2) is 0 Å². The van der Waals surface area contributed by atoms with Crippen LogP contribution in [0.3, 0.4) is 0 Å². The van der Waals surface area contributed by atoms with E-state index in [2.05, 4.69) is 20.3 Å². The maximum Gasteiger partial charge on any atom is 0.423 e. The molecule has 0 spiro atoms. The molecule has 3 N–H and O–H groups in total. The number of hydrogen-bond donors (Lipinski definition) is 2. The third-order valence-electron chi connectivity index (χ3n) is 5.98. The Kier molecular flexibility index (Phi) is 8.52. The second kappa shape index (κ2) is 11.3. The van der Waals surface area contributed by atoms with E-state index in [0.717, 1.165) is 18.1 Å². The second-order valence-electron chi connectivity index (χ2n) is 8.76. The van der Waals surface area contributed by atoms with Crippen LogP contribution in [0.1, 0.15) is 24.5 Å². The highest BCUT2D eigenvalue weighted by atomic mass is 19.4. The summed E-state index contributed by atoms with van der Waals surface area (Å²) in [4.78, 5) is 25.5. The summed E-state index contributed by atoms with van der Waals surface area (Å²) in [5.74, 6) is -6.50. The van der Waals surface area contributed by atoms with Crippen molar-refractivity contribution in [3.8, 4) is 5.88 Å². The molecule has 2 aromatic rings. The van der Waals surface area contributed by atoms with Crippen LogP contribution in [0.15, 0.2) is 41.2 Å². The summed E-state index contributed by atoms with van der Waals surface area (Å²) in [6.07, 6.45) is -3.53. The molecule has 1 aromatic carbocycles. The number of carbonyl (C=O) groups is 1. The maximum absolute atomic E-state index is 14.6. The fourth-order valence-corrected chi connectivity index (χ4v) is 4.23. The Morgan fingerprint density at radius 3 is 2.68 bits per heavy atom. The minimum absolute atomic E-state index is 0.0426. The van der Waals surface area contributed by atoms with Crippen LogP contribution in [-0.4, -0.2) is 66.2 Å². The van der Waals surface area contributed by atoms with Crippen LogP contribution >= 0.6 is 0 Å². The third-order valence-corrected chi connectivity index (χ3v) is 5.98. The first-order chi connectivity index (χ1) is 17.8. The van der Waals surface area contributed by atoms with Crippen molar-refractivity contribution in [2.45, 2.75) is 31.5 Å². The van der Waals surface area contributed by atoms with Crippen molar-refractivity contribution in [2.75, 3.05) is 32.6 Å².